The fourth-order valence-electron chi connectivity index (χ4n) is 0. The van der Waals surface area contributed by atoms with Crippen LogP contribution in [0.4, 0.5) is 0 Å². The van der Waals surface area contributed by atoms with E-state index in [2.05, 4.69) is 0 Å². The summed E-state index contributed by atoms with van der Waals surface area (Å²) in [5.41, 5.74) is 0. The largest absolute Gasteiger partial charge is 0.193 e. The normalized spacial score (nSPS) is 10.0. The molecule has 1 atom stereocenters. The van der Waals surface area contributed by atoms with Crippen LogP contribution in [-0.4, -0.2) is 24.5 Å². The van der Waals surface area contributed by atoms with Crippen LogP contribution in [0.3, 0.4) is 0 Å². The standard InChI is InChI=1S/B2H4PSi/c1-2-3-4/h3H,4H3. The van der Waals surface area contributed by atoms with Crippen molar-refractivity contribution in [3.8, 4) is 0 Å². The Morgan fingerprint density at radius 3 is 2.25 bits per heavy atom. The Morgan fingerprint density at radius 2 is 2.25 bits per heavy atom. The van der Waals surface area contributed by atoms with Crippen molar-refractivity contribution < 1.29 is 0 Å². The van der Waals surface area contributed by atoms with E-state index >= 15 is 0 Å². The molecule has 19 valence electrons. The lowest BCUT2D eigenvalue weighted by Gasteiger charge is -1.66. The minimum Gasteiger partial charge on any atom is -0.193 e. The molecule has 0 amide bonds. The summed E-state index contributed by atoms with van der Waals surface area (Å²) in [6.07, 6.45) is 0. The van der Waals surface area contributed by atoms with Crippen LogP contribution < -0.4 is 0 Å². The van der Waals surface area contributed by atoms with Gasteiger partial charge in [0, 0.05) is 17.6 Å². The molecule has 0 aromatic carbocycles. The van der Waals surface area contributed by atoms with Gasteiger partial charge in [-0.3, -0.25) is 0 Å². The highest BCUT2D eigenvalue weighted by Gasteiger charge is 1.59. The van der Waals surface area contributed by atoms with Gasteiger partial charge in [-0.15, -0.1) is 0 Å². The molecular weight excluding hydrogens is 80.7 g/mol. The lowest BCUT2D eigenvalue weighted by Crippen LogP contribution is -1.70. The summed E-state index contributed by atoms with van der Waals surface area (Å²) >= 11 is 0. The molecule has 0 nitrogen and oxygen atoms in total. The molecule has 0 fully saturated rings. The maximum absolute atomic E-state index is 4.95. The van der Waals surface area contributed by atoms with Gasteiger partial charge in [0.25, 0.3) is 0 Å². The monoisotopic (exact) mass is 85.0 g/mol. The van der Waals surface area contributed by atoms with Gasteiger partial charge in [0.2, 0.25) is 0 Å². The molecule has 1 unspecified atom stereocenters. The second-order valence-corrected chi connectivity index (χ2v) is 3.10. The van der Waals surface area contributed by atoms with Gasteiger partial charge in [0.15, 0.2) is 0 Å². The smallest absolute Gasteiger partial charge is 0.0807 e. The Morgan fingerprint density at radius 1 is 2.00 bits per heavy atom. The first-order valence-electron chi connectivity index (χ1n) is 1.12. The Kier molecular flexibility index (Phi) is 4.51. The van der Waals surface area contributed by atoms with Crippen molar-refractivity contribution in [3.63, 3.8) is 0 Å². The molecule has 0 rings (SSSR count). The summed E-state index contributed by atoms with van der Waals surface area (Å²) in [4.78, 5) is 0. The summed E-state index contributed by atoms with van der Waals surface area (Å²) in [5, 5.41) is 0. The minimum absolute atomic E-state index is 0.932. The van der Waals surface area contributed by atoms with Crippen LogP contribution >= 0.6 is 8.01 Å². The van der Waals surface area contributed by atoms with Crippen LogP contribution in [0.5, 0.6) is 0 Å². The molecule has 4 heteroatoms. The fraction of sp³-hybridized carbons (Fsp3) is 0. The van der Waals surface area contributed by atoms with Crippen molar-refractivity contribution >= 4 is 32.5 Å². The lowest BCUT2D eigenvalue weighted by molar-refractivity contribution is 4.43. The first-order valence-corrected chi connectivity index (χ1v) is 5.70. The van der Waals surface area contributed by atoms with Crippen LogP contribution in [0, 0.1) is 0 Å². The summed E-state index contributed by atoms with van der Waals surface area (Å²) in [7, 11) is 7.12. The molecule has 0 saturated heterocycles. The Bertz CT molecular complexity index is 8.00. The van der Waals surface area contributed by atoms with Gasteiger partial charge >= 0.3 is 0 Å². The molecule has 4 heavy (non-hydrogen) atoms. The van der Waals surface area contributed by atoms with Crippen molar-refractivity contribution in [1.82, 2.24) is 0 Å². The topological polar surface area (TPSA) is 0 Å². The van der Waals surface area contributed by atoms with Gasteiger partial charge in [-0.1, -0.05) is 0 Å². The summed E-state index contributed by atoms with van der Waals surface area (Å²) in [6, 6.07) is 0. The van der Waals surface area contributed by atoms with Gasteiger partial charge < -0.3 is 0 Å². The highest BCUT2D eigenvalue weighted by atomic mass is 31.3. The summed E-state index contributed by atoms with van der Waals surface area (Å²) in [6.45, 7) is 1.71. The number of hydrogen-bond acceptors (Lipinski definition) is 0. The van der Waals surface area contributed by atoms with E-state index in [1.165, 1.54) is 9.91 Å². The zero-order valence-electron chi connectivity index (χ0n) is 2.65. The average Bonchev–Trinajstić information content (AvgIpc) is 1.37. The molecule has 0 aromatic heterocycles. The molecule has 0 heterocycles. The van der Waals surface area contributed by atoms with Gasteiger partial charge in [0.05, 0.1) is 6.89 Å². The Labute approximate surface area is 33.4 Å². The van der Waals surface area contributed by atoms with Gasteiger partial charge in [-0.05, 0) is 0 Å². The predicted octanol–water partition coefficient (Wildman–Crippen LogP) is -1.35. The van der Waals surface area contributed by atoms with Crippen molar-refractivity contribution in [1.29, 1.82) is 0 Å². The van der Waals surface area contributed by atoms with Crippen LogP contribution in [0.1, 0.15) is 0 Å². The van der Waals surface area contributed by atoms with E-state index in [1.54, 1.807) is 6.89 Å². The third-order valence-corrected chi connectivity index (χ3v) is 1.50. The number of rotatable bonds is 1. The van der Waals surface area contributed by atoms with E-state index in [9.17, 15) is 0 Å². The third kappa shape index (κ3) is 2.78. The van der Waals surface area contributed by atoms with E-state index in [1.807, 2.05) is 0 Å². The zero-order valence-corrected chi connectivity index (χ0v) is 5.65. The van der Waals surface area contributed by atoms with Crippen molar-refractivity contribution in [2.45, 2.75) is 0 Å². The second kappa shape index (κ2) is 3.78. The van der Waals surface area contributed by atoms with Crippen molar-refractivity contribution in [3.05, 3.63) is 0 Å². The molecule has 0 aliphatic rings. The maximum atomic E-state index is 4.95. The second-order valence-electron chi connectivity index (χ2n) is 0.455. The Hall–Kier alpha value is 0.777. The van der Waals surface area contributed by atoms with E-state index < -0.39 is 0 Å². The number of hydrogen-bond donors (Lipinski definition) is 0. The molecule has 0 N–H and O–H groups in total. The quantitative estimate of drug-likeness (QED) is 0.272. The molecule has 3 radical (unpaired) electrons. The highest BCUT2D eigenvalue weighted by Crippen LogP contribution is 1.86. The lowest BCUT2D eigenvalue weighted by atomic mass is 9.79. The van der Waals surface area contributed by atoms with Crippen molar-refractivity contribution in [2.24, 2.45) is 0 Å². The first-order chi connectivity index (χ1) is 1.91. The Balaban J connectivity index is 1.97. The van der Waals surface area contributed by atoms with E-state index in [4.69, 9.17) is 7.74 Å². The van der Waals surface area contributed by atoms with E-state index in [-0.39, 0.29) is 0 Å². The maximum Gasteiger partial charge on any atom is 0.0807 e. The molecule has 0 aromatic rings. The SMILES string of the molecule is [B][B]P[SiH3]. The molecule has 0 spiro atoms. The van der Waals surface area contributed by atoms with Crippen LogP contribution in [0.15, 0.2) is 0 Å². The minimum atomic E-state index is 0.932. The molecule has 0 saturated carbocycles. The molecule has 0 aliphatic heterocycles. The first kappa shape index (κ1) is 4.78. The average molecular weight is 84.7 g/mol. The molecular formula is H4B2PSi. The van der Waals surface area contributed by atoms with E-state index in [0.29, 0.717) is 0 Å². The fourth-order valence-corrected chi connectivity index (χ4v) is 0. The van der Waals surface area contributed by atoms with Crippen LogP contribution in [0.2, 0.25) is 0 Å². The van der Waals surface area contributed by atoms with Crippen LogP contribution in [-0.2, 0) is 0 Å². The van der Waals surface area contributed by atoms with Gasteiger partial charge in [0.1, 0.15) is 0 Å². The molecule has 0 aliphatic carbocycles. The predicted molar refractivity (Wildman–Crippen MR) is 29.8 cm³/mol. The van der Waals surface area contributed by atoms with Gasteiger partial charge in [-0.25, -0.2) is 0 Å². The van der Waals surface area contributed by atoms with Gasteiger partial charge in [-0.2, -0.15) is 8.01 Å². The summed E-state index contributed by atoms with van der Waals surface area (Å²) < 4.78 is 0. The third-order valence-electron chi connectivity index (χ3n) is 0.167. The summed E-state index contributed by atoms with van der Waals surface area (Å²) in [5.74, 6) is 0. The molecule has 0 bridgehead atoms. The van der Waals surface area contributed by atoms with Crippen LogP contribution in [0.25, 0.3) is 0 Å². The van der Waals surface area contributed by atoms with E-state index in [0.717, 1.165) is 8.01 Å². The zero-order chi connectivity index (χ0) is 3.41. The van der Waals surface area contributed by atoms with Crippen molar-refractivity contribution in [2.75, 3.05) is 0 Å². The highest BCUT2D eigenvalue weighted by molar-refractivity contribution is 7.95.